The predicted octanol–water partition coefficient (Wildman–Crippen LogP) is 3.49. The SMILES string of the molecule is Cc1cc(N[C@@H]2CCCN(C(=O)C34CC(O)(C3)C4)C2)nnc1-c1ccc(C(F)(F)F)cc1O. The number of rotatable bonds is 4. The van der Waals surface area contributed by atoms with Gasteiger partial charge in [0.1, 0.15) is 11.6 Å². The molecule has 176 valence electrons. The van der Waals surface area contributed by atoms with E-state index >= 15 is 0 Å². The summed E-state index contributed by atoms with van der Waals surface area (Å²) in [5.74, 6) is 0.115. The lowest BCUT2D eigenvalue weighted by atomic mass is 9.41. The smallest absolute Gasteiger partial charge is 0.416 e. The first-order valence-electron chi connectivity index (χ1n) is 11.0. The number of phenolic OH excluding ortho intramolecular Hbond substituents is 1. The summed E-state index contributed by atoms with van der Waals surface area (Å²) in [4.78, 5) is 14.8. The van der Waals surface area contributed by atoms with Crippen LogP contribution in [0.3, 0.4) is 0 Å². The van der Waals surface area contributed by atoms with Crippen LogP contribution in [0.4, 0.5) is 19.0 Å². The van der Waals surface area contributed by atoms with Gasteiger partial charge >= 0.3 is 6.18 Å². The Balaban J connectivity index is 1.27. The van der Waals surface area contributed by atoms with E-state index in [2.05, 4.69) is 15.5 Å². The number of carbonyl (C=O) groups is 1. The van der Waals surface area contributed by atoms with Crippen LogP contribution in [-0.4, -0.2) is 55.9 Å². The monoisotopic (exact) mass is 462 g/mol. The number of piperidine rings is 1. The van der Waals surface area contributed by atoms with Crippen LogP contribution < -0.4 is 5.32 Å². The fraction of sp³-hybridized carbons (Fsp3) is 0.522. The molecule has 2 bridgehead atoms. The molecule has 33 heavy (non-hydrogen) atoms. The van der Waals surface area contributed by atoms with Gasteiger partial charge in [-0.2, -0.15) is 13.2 Å². The molecule has 2 aromatic rings. The Hall–Kier alpha value is -2.88. The van der Waals surface area contributed by atoms with Gasteiger partial charge in [0.15, 0.2) is 0 Å². The van der Waals surface area contributed by atoms with E-state index in [1.54, 1.807) is 13.0 Å². The zero-order valence-electron chi connectivity index (χ0n) is 18.1. The second-order valence-corrected chi connectivity index (χ2v) is 9.76. The summed E-state index contributed by atoms with van der Waals surface area (Å²) in [5, 5.41) is 31.7. The van der Waals surface area contributed by atoms with Crippen LogP contribution in [0.5, 0.6) is 5.75 Å². The fourth-order valence-electron chi connectivity index (χ4n) is 5.52. The van der Waals surface area contributed by atoms with Gasteiger partial charge in [0.05, 0.1) is 22.3 Å². The topological polar surface area (TPSA) is 98.6 Å². The minimum atomic E-state index is -4.54. The molecule has 6 rings (SSSR count). The molecule has 7 nitrogen and oxygen atoms in total. The lowest BCUT2D eigenvalue weighted by Gasteiger charge is -2.67. The lowest BCUT2D eigenvalue weighted by molar-refractivity contribution is -0.256. The maximum atomic E-state index is 12.9. The number of benzene rings is 1. The van der Waals surface area contributed by atoms with Crippen molar-refractivity contribution in [3.8, 4) is 17.0 Å². The molecule has 1 saturated heterocycles. The third kappa shape index (κ3) is 3.80. The Morgan fingerprint density at radius 1 is 1.21 bits per heavy atom. The minimum Gasteiger partial charge on any atom is -0.507 e. The highest BCUT2D eigenvalue weighted by atomic mass is 19.4. The molecule has 1 aromatic heterocycles. The molecule has 0 unspecified atom stereocenters. The van der Waals surface area contributed by atoms with Gasteiger partial charge in [-0.15, -0.1) is 10.2 Å². The fourth-order valence-corrected chi connectivity index (χ4v) is 5.52. The van der Waals surface area contributed by atoms with Gasteiger partial charge in [-0.1, -0.05) is 0 Å². The average molecular weight is 462 g/mol. The Morgan fingerprint density at radius 3 is 2.55 bits per heavy atom. The average Bonchev–Trinajstić information content (AvgIpc) is 2.70. The van der Waals surface area contributed by atoms with E-state index in [0.29, 0.717) is 55.5 Å². The zero-order valence-corrected chi connectivity index (χ0v) is 18.1. The first-order chi connectivity index (χ1) is 15.5. The number of aryl methyl sites for hydroxylation is 1. The molecular weight excluding hydrogens is 437 g/mol. The highest BCUT2D eigenvalue weighted by Crippen LogP contribution is 2.67. The number of hydrogen-bond donors (Lipinski definition) is 3. The molecule has 10 heteroatoms. The molecule has 3 saturated carbocycles. The van der Waals surface area contributed by atoms with Gasteiger partial charge in [-0.05, 0) is 68.9 Å². The number of nitrogens with zero attached hydrogens (tertiary/aromatic N) is 3. The second kappa shape index (κ2) is 7.31. The standard InChI is InChI=1S/C23H25F3N4O3/c1-13-7-18(28-29-19(13)16-5-4-14(8-17(16)31)23(24,25)26)27-15-3-2-6-30(9-15)20(32)21-10-22(33,11-21)12-21/h4-5,7-8,15,31,33H,2-3,6,9-12H2,1H3,(H,27,28)/t15-,21?,22?/m1/s1. The summed E-state index contributed by atoms with van der Waals surface area (Å²) in [6.45, 7) is 2.99. The van der Waals surface area contributed by atoms with Crippen LogP contribution in [0.15, 0.2) is 24.3 Å². The summed E-state index contributed by atoms with van der Waals surface area (Å²) in [6.07, 6.45) is -1.13. The summed E-state index contributed by atoms with van der Waals surface area (Å²) in [6, 6.07) is 4.50. The number of anilines is 1. The third-order valence-corrected chi connectivity index (χ3v) is 7.08. The molecule has 2 heterocycles. The van der Waals surface area contributed by atoms with Crippen molar-refractivity contribution in [3.05, 3.63) is 35.4 Å². The molecule has 4 fully saturated rings. The van der Waals surface area contributed by atoms with Crippen LogP contribution in [-0.2, 0) is 11.0 Å². The van der Waals surface area contributed by atoms with Crippen LogP contribution in [0.2, 0.25) is 0 Å². The number of hydrogen-bond acceptors (Lipinski definition) is 6. The molecule has 3 N–H and O–H groups in total. The van der Waals surface area contributed by atoms with Crippen LogP contribution >= 0.6 is 0 Å². The number of amides is 1. The second-order valence-electron chi connectivity index (χ2n) is 9.76. The summed E-state index contributed by atoms with van der Waals surface area (Å²) >= 11 is 0. The van der Waals surface area contributed by atoms with E-state index in [9.17, 15) is 28.2 Å². The first-order valence-corrected chi connectivity index (χ1v) is 11.0. The van der Waals surface area contributed by atoms with Crippen molar-refractivity contribution in [1.82, 2.24) is 15.1 Å². The minimum absolute atomic E-state index is 0.00263. The molecule has 1 atom stereocenters. The quantitative estimate of drug-likeness (QED) is 0.644. The van der Waals surface area contributed by atoms with E-state index in [0.717, 1.165) is 18.9 Å². The Bertz CT molecular complexity index is 1100. The van der Waals surface area contributed by atoms with Gasteiger partial charge in [0.2, 0.25) is 5.91 Å². The molecule has 1 aromatic carbocycles. The van der Waals surface area contributed by atoms with Gasteiger partial charge in [0, 0.05) is 24.7 Å². The van der Waals surface area contributed by atoms with Gasteiger partial charge in [-0.25, -0.2) is 0 Å². The van der Waals surface area contributed by atoms with Gasteiger partial charge < -0.3 is 20.4 Å². The Labute approximate surface area is 188 Å². The number of aliphatic hydroxyl groups is 1. The van der Waals surface area contributed by atoms with E-state index < -0.39 is 23.1 Å². The van der Waals surface area contributed by atoms with Crippen molar-refractivity contribution < 1.29 is 28.2 Å². The number of carbonyl (C=O) groups excluding carboxylic acids is 1. The number of halogens is 3. The molecule has 3 aliphatic carbocycles. The van der Waals surface area contributed by atoms with Gasteiger partial charge in [-0.3, -0.25) is 4.79 Å². The van der Waals surface area contributed by atoms with Crippen molar-refractivity contribution in [2.24, 2.45) is 5.41 Å². The van der Waals surface area contributed by atoms with Crippen molar-refractivity contribution in [2.45, 2.75) is 56.8 Å². The first kappa shape index (κ1) is 21.9. The van der Waals surface area contributed by atoms with Crippen molar-refractivity contribution in [2.75, 3.05) is 18.4 Å². The number of nitrogens with one attached hydrogen (secondary N) is 1. The van der Waals surface area contributed by atoms with E-state index in [-0.39, 0.29) is 22.9 Å². The van der Waals surface area contributed by atoms with Gasteiger partial charge in [0.25, 0.3) is 0 Å². The number of aromatic nitrogens is 2. The maximum absolute atomic E-state index is 12.9. The number of phenols is 1. The third-order valence-electron chi connectivity index (χ3n) is 7.08. The van der Waals surface area contributed by atoms with Crippen LogP contribution in [0.25, 0.3) is 11.3 Å². The lowest BCUT2D eigenvalue weighted by Crippen LogP contribution is -2.73. The summed E-state index contributed by atoms with van der Waals surface area (Å²) in [5.41, 5.74) is -0.786. The number of alkyl halides is 3. The van der Waals surface area contributed by atoms with Crippen LogP contribution in [0.1, 0.15) is 43.2 Å². The largest absolute Gasteiger partial charge is 0.507 e. The zero-order chi connectivity index (χ0) is 23.6. The van der Waals surface area contributed by atoms with Crippen molar-refractivity contribution >= 4 is 11.7 Å². The highest BCUT2D eigenvalue weighted by Gasteiger charge is 2.71. The Morgan fingerprint density at radius 2 is 1.94 bits per heavy atom. The van der Waals surface area contributed by atoms with Crippen molar-refractivity contribution in [3.63, 3.8) is 0 Å². The van der Waals surface area contributed by atoms with E-state index in [1.807, 2.05) is 4.90 Å². The van der Waals surface area contributed by atoms with Crippen molar-refractivity contribution in [1.29, 1.82) is 0 Å². The number of likely N-dealkylation sites (tertiary alicyclic amines) is 1. The molecule has 0 radical (unpaired) electrons. The summed E-state index contributed by atoms with van der Waals surface area (Å²) < 4.78 is 38.6. The summed E-state index contributed by atoms with van der Waals surface area (Å²) in [7, 11) is 0. The van der Waals surface area contributed by atoms with E-state index in [4.69, 9.17) is 0 Å². The highest BCUT2D eigenvalue weighted by molar-refractivity contribution is 5.87. The molecule has 0 spiro atoms. The molecule has 4 aliphatic rings. The maximum Gasteiger partial charge on any atom is 0.416 e. The Kier molecular flexibility index (Phi) is 4.86. The van der Waals surface area contributed by atoms with E-state index in [1.165, 1.54) is 6.07 Å². The predicted molar refractivity (Wildman–Crippen MR) is 113 cm³/mol. The molecule has 1 amide bonds. The number of aromatic hydroxyl groups is 1. The molecular formula is C23H25F3N4O3. The molecule has 1 aliphatic heterocycles. The normalized spacial score (nSPS) is 28.6. The van der Waals surface area contributed by atoms with Crippen LogP contribution in [0, 0.1) is 12.3 Å².